The minimum Gasteiger partial charge on any atom is -0.373 e. The predicted molar refractivity (Wildman–Crippen MR) is 175 cm³/mol. The molecule has 0 aliphatic rings. The quantitative estimate of drug-likeness (QED) is 0.259. The van der Waals surface area contributed by atoms with Gasteiger partial charge in [-0.25, -0.2) is 13.2 Å². The van der Waals surface area contributed by atoms with Gasteiger partial charge in [-0.1, -0.05) is 78.9 Å². The van der Waals surface area contributed by atoms with Crippen LogP contribution in [0.1, 0.15) is 0 Å². The third-order valence-corrected chi connectivity index (χ3v) is 10.7. The van der Waals surface area contributed by atoms with E-state index in [1.807, 2.05) is 30.3 Å². The van der Waals surface area contributed by atoms with Crippen molar-refractivity contribution in [2.45, 2.75) is 0 Å². The molecule has 0 amide bonds. The normalized spacial score (nSPS) is 11.7. The Morgan fingerprint density at radius 1 is 0.477 bits per heavy atom. The summed E-state index contributed by atoms with van der Waals surface area (Å²) in [5, 5.41) is 0.760. The molecule has 0 heterocycles. The van der Waals surface area contributed by atoms with Crippen LogP contribution >= 0.6 is 0 Å². The van der Waals surface area contributed by atoms with E-state index in [9.17, 15) is 13.2 Å². The molecule has 5 aromatic carbocycles. The second kappa shape index (κ2) is 14.7. The van der Waals surface area contributed by atoms with Gasteiger partial charge in [0.1, 0.15) is 29.3 Å². The summed E-state index contributed by atoms with van der Waals surface area (Å²) in [5.41, 5.74) is 4.59. The lowest BCUT2D eigenvalue weighted by molar-refractivity contribution is -0.786. The standard InChI is InChI=1S/C27H25BF3O3Si.C8H11N/c1-32-35(33-2,34-3)27-18-10-23(11-19-27)28(20-4-12-24(29)13-5-20,21-6-14-25(30)15-7-21)22-8-16-26(31)17-9-22;1-9(2)8-6-4-3-5-7-8/h4-19H,1-3H3;3-7H,1-2H3/q-1;/p+1. The number of para-hydroxylation sites is 1. The molecule has 0 radical (unpaired) electrons. The highest BCUT2D eigenvalue weighted by Crippen LogP contribution is 2.13. The molecule has 0 aliphatic heterocycles. The highest BCUT2D eigenvalue weighted by Gasteiger charge is 2.41. The van der Waals surface area contributed by atoms with Gasteiger partial charge in [0.15, 0.2) is 0 Å². The maximum absolute atomic E-state index is 14.0. The minimum absolute atomic E-state index is 0.372. The monoisotopic (exact) mass is 615 g/mol. The number of rotatable bonds is 9. The molecule has 0 bridgehead atoms. The van der Waals surface area contributed by atoms with Crippen LogP contribution in [0.2, 0.25) is 0 Å². The van der Waals surface area contributed by atoms with Crippen LogP contribution < -0.4 is 31.9 Å². The lowest BCUT2D eigenvalue weighted by Crippen LogP contribution is -3.00. The summed E-state index contributed by atoms with van der Waals surface area (Å²) in [6.45, 7) is 0. The van der Waals surface area contributed by atoms with Gasteiger partial charge in [-0.2, -0.15) is 21.9 Å². The maximum atomic E-state index is 14.0. The molecule has 228 valence electrons. The van der Waals surface area contributed by atoms with E-state index in [1.54, 1.807) is 36.4 Å². The molecule has 1 N–H and O–H groups in total. The van der Waals surface area contributed by atoms with Crippen molar-refractivity contribution in [1.29, 1.82) is 0 Å². The van der Waals surface area contributed by atoms with E-state index >= 15 is 0 Å². The van der Waals surface area contributed by atoms with Crippen molar-refractivity contribution in [1.82, 2.24) is 0 Å². The molecule has 0 atom stereocenters. The Morgan fingerprint density at radius 2 is 0.795 bits per heavy atom. The lowest BCUT2D eigenvalue weighted by atomic mass is 9.13. The summed E-state index contributed by atoms with van der Waals surface area (Å²) in [5.74, 6) is -1.12. The molecular formula is C35H37BF3NO3Si. The van der Waals surface area contributed by atoms with E-state index in [0.29, 0.717) is 0 Å². The Kier molecular flexibility index (Phi) is 11.0. The molecule has 0 saturated carbocycles. The van der Waals surface area contributed by atoms with Crippen molar-refractivity contribution < 1.29 is 31.3 Å². The van der Waals surface area contributed by atoms with Crippen molar-refractivity contribution in [3.05, 3.63) is 145 Å². The minimum atomic E-state index is -3.08. The van der Waals surface area contributed by atoms with Gasteiger partial charge in [0.25, 0.3) is 0 Å². The Hall–Kier alpha value is -3.99. The Labute approximate surface area is 258 Å². The third-order valence-electron chi connectivity index (χ3n) is 8.03. The van der Waals surface area contributed by atoms with E-state index in [0.717, 1.165) is 27.0 Å². The van der Waals surface area contributed by atoms with Crippen LogP contribution in [0.25, 0.3) is 0 Å². The fourth-order valence-corrected chi connectivity index (χ4v) is 7.54. The van der Waals surface area contributed by atoms with Gasteiger partial charge in [-0.3, -0.25) is 0 Å². The van der Waals surface area contributed by atoms with Crippen LogP contribution in [-0.4, -0.2) is 50.4 Å². The molecule has 0 aliphatic carbocycles. The molecule has 0 fully saturated rings. The molecule has 0 unspecified atom stereocenters. The Bertz CT molecular complexity index is 1480. The van der Waals surface area contributed by atoms with Crippen LogP contribution in [0.4, 0.5) is 18.9 Å². The number of hydrogen-bond acceptors (Lipinski definition) is 3. The first-order valence-corrected chi connectivity index (χ1v) is 16.0. The number of nitrogens with one attached hydrogen (secondary N) is 1. The molecule has 4 nitrogen and oxygen atoms in total. The summed E-state index contributed by atoms with van der Waals surface area (Å²) in [6, 6.07) is 36.7. The first-order chi connectivity index (χ1) is 21.2. The summed E-state index contributed by atoms with van der Waals surface area (Å²) >= 11 is 0. The first-order valence-electron chi connectivity index (χ1n) is 14.3. The topological polar surface area (TPSA) is 32.1 Å². The fraction of sp³-hybridized carbons (Fsp3) is 0.143. The number of halogens is 3. The van der Waals surface area contributed by atoms with Crippen LogP contribution in [0, 0.1) is 17.5 Å². The molecule has 5 rings (SSSR count). The highest BCUT2D eigenvalue weighted by atomic mass is 28.4. The Balaban J connectivity index is 0.000000421. The van der Waals surface area contributed by atoms with Crippen molar-refractivity contribution in [3.8, 4) is 0 Å². The van der Waals surface area contributed by atoms with E-state index in [-0.39, 0.29) is 17.5 Å². The van der Waals surface area contributed by atoms with E-state index in [4.69, 9.17) is 13.3 Å². The van der Waals surface area contributed by atoms with Gasteiger partial charge >= 0.3 is 8.80 Å². The summed E-state index contributed by atoms with van der Waals surface area (Å²) < 4.78 is 58.7. The van der Waals surface area contributed by atoms with Gasteiger partial charge in [0.05, 0.1) is 14.1 Å². The molecular weight excluding hydrogens is 578 g/mol. The second-order valence-electron chi connectivity index (χ2n) is 10.7. The maximum Gasteiger partial charge on any atom is 0.536 e. The zero-order valence-corrected chi connectivity index (χ0v) is 26.6. The zero-order chi connectivity index (χ0) is 31.7. The molecule has 0 spiro atoms. The van der Waals surface area contributed by atoms with Gasteiger partial charge in [-0.05, 0) is 48.5 Å². The molecule has 0 aromatic heterocycles. The van der Waals surface area contributed by atoms with Crippen LogP contribution in [0.5, 0.6) is 0 Å². The van der Waals surface area contributed by atoms with Gasteiger partial charge in [0, 0.05) is 26.5 Å². The van der Waals surface area contributed by atoms with Crippen molar-refractivity contribution in [2.75, 3.05) is 35.4 Å². The van der Waals surface area contributed by atoms with Crippen LogP contribution in [0.15, 0.2) is 127 Å². The first kappa shape index (κ1) is 32.9. The summed E-state index contributed by atoms with van der Waals surface area (Å²) in [4.78, 5) is 1.37. The van der Waals surface area contributed by atoms with E-state index in [2.05, 4.69) is 38.4 Å². The highest BCUT2D eigenvalue weighted by molar-refractivity contribution is 7.19. The molecule has 0 saturated heterocycles. The largest absolute Gasteiger partial charge is 0.536 e. The average molecular weight is 616 g/mol. The second-order valence-corrected chi connectivity index (χ2v) is 13.6. The Morgan fingerprint density at radius 3 is 1.07 bits per heavy atom. The zero-order valence-electron chi connectivity index (χ0n) is 25.6. The molecule has 9 heteroatoms. The fourth-order valence-electron chi connectivity index (χ4n) is 5.76. The van der Waals surface area contributed by atoms with Crippen molar-refractivity contribution in [2.24, 2.45) is 0 Å². The summed E-state index contributed by atoms with van der Waals surface area (Å²) in [7, 11) is 5.78. The van der Waals surface area contributed by atoms with Gasteiger partial charge in [0.2, 0.25) is 0 Å². The van der Waals surface area contributed by atoms with E-state index in [1.165, 1.54) is 68.3 Å². The van der Waals surface area contributed by atoms with Crippen LogP contribution in [-0.2, 0) is 13.3 Å². The number of hydrogen-bond donors (Lipinski definition) is 1. The predicted octanol–water partition coefficient (Wildman–Crippen LogP) is 3.03. The van der Waals surface area contributed by atoms with Crippen molar-refractivity contribution >= 4 is 47.7 Å². The average Bonchev–Trinajstić information content (AvgIpc) is 3.06. The third kappa shape index (κ3) is 6.88. The molecule has 5 aromatic rings. The number of benzene rings is 5. The van der Waals surface area contributed by atoms with E-state index < -0.39 is 15.0 Å². The number of quaternary nitrogens is 1. The van der Waals surface area contributed by atoms with Gasteiger partial charge in [-0.15, -0.1) is 0 Å². The van der Waals surface area contributed by atoms with Crippen LogP contribution in [0.3, 0.4) is 0 Å². The van der Waals surface area contributed by atoms with Crippen molar-refractivity contribution in [3.63, 3.8) is 0 Å². The van der Waals surface area contributed by atoms with Gasteiger partial charge < -0.3 is 18.2 Å². The molecule has 44 heavy (non-hydrogen) atoms. The smallest absolute Gasteiger partial charge is 0.373 e. The summed E-state index contributed by atoms with van der Waals surface area (Å²) in [6.07, 6.45) is -1.94. The SMILES string of the molecule is CO[Si](OC)(OC)c1ccc([B-](c2ccc(F)cc2)(c2ccc(F)cc2)c2ccc(F)cc2)cc1.C[NH+](C)c1ccccc1. The lowest BCUT2D eigenvalue weighted by Gasteiger charge is -2.44.